The Hall–Kier alpha value is -0.645. The summed E-state index contributed by atoms with van der Waals surface area (Å²) in [6.07, 6.45) is 3.72. The van der Waals surface area contributed by atoms with E-state index in [1.807, 2.05) is 45.1 Å². The van der Waals surface area contributed by atoms with Gasteiger partial charge in [-0.05, 0) is 33.8 Å². The van der Waals surface area contributed by atoms with Crippen LogP contribution in [0.25, 0.3) is 6.08 Å². The van der Waals surface area contributed by atoms with Crippen molar-refractivity contribution in [2.45, 2.75) is 38.9 Å². The molecule has 1 aliphatic heterocycles. The first kappa shape index (κ1) is 11.8. The summed E-state index contributed by atoms with van der Waals surface area (Å²) in [6.45, 7) is 8.18. The molecule has 2 rings (SSSR count). The van der Waals surface area contributed by atoms with E-state index in [9.17, 15) is 0 Å². The zero-order valence-corrected chi connectivity index (χ0v) is 10.9. The molecular formula is C11H16BNO2S. The Bertz CT molecular complexity index is 371. The largest absolute Gasteiger partial charge is 0.487 e. The highest BCUT2D eigenvalue weighted by Crippen LogP contribution is 2.36. The second kappa shape index (κ2) is 3.98. The third kappa shape index (κ3) is 2.21. The first-order valence-corrected chi connectivity index (χ1v) is 6.22. The smallest absolute Gasteiger partial charge is 0.400 e. The number of aromatic nitrogens is 1. The Morgan fingerprint density at radius 1 is 1.25 bits per heavy atom. The molecule has 86 valence electrons. The van der Waals surface area contributed by atoms with Gasteiger partial charge in [-0.1, -0.05) is 5.98 Å². The maximum Gasteiger partial charge on any atom is 0.487 e. The summed E-state index contributed by atoms with van der Waals surface area (Å²) >= 11 is 1.60. The fraction of sp³-hybridized carbons (Fsp3) is 0.545. The molecule has 1 aromatic heterocycles. The van der Waals surface area contributed by atoms with Crippen LogP contribution in [-0.4, -0.2) is 23.3 Å². The lowest BCUT2D eigenvalue weighted by Crippen LogP contribution is -2.41. The maximum absolute atomic E-state index is 5.83. The minimum Gasteiger partial charge on any atom is -0.400 e. The number of hydrogen-bond acceptors (Lipinski definition) is 4. The van der Waals surface area contributed by atoms with Gasteiger partial charge >= 0.3 is 7.12 Å². The second-order valence-corrected chi connectivity index (χ2v) is 5.78. The van der Waals surface area contributed by atoms with Gasteiger partial charge in [-0.15, -0.1) is 11.3 Å². The van der Waals surface area contributed by atoms with Gasteiger partial charge in [0, 0.05) is 11.6 Å². The van der Waals surface area contributed by atoms with Crippen molar-refractivity contribution < 1.29 is 9.31 Å². The summed E-state index contributed by atoms with van der Waals surface area (Å²) in [6, 6.07) is 0. The van der Waals surface area contributed by atoms with Gasteiger partial charge in [0.2, 0.25) is 0 Å². The molecule has 16 heavy (non-hydrogen) atoms. The molecule has 1 aliphatic rings. The van der Waals surface area contributed by atoms with E-state index >= 15 is 0 Å². The van der Waals surface area contributed by atoms with Gasteiger partial charge in [0.05, 0.1) is 11.2 Å². The molecule has 0 radical (unpaired) electrons. The number of thiazole rings is 1. The van der Waals surface area contributed by atoms with Crippen LogP contribution >= 0.6 is 11.3 Å². The first-order chi connectivity index (χ1) is 7.41. The molecular weight excluding hydrogens is 221 g/mol. The molecule has 2 heterocycles. The minimum absolute atomic E-state index is 0.273. The van der Waals surface area contributed by atoms with Crippen LogP contribution in [0.5, 0.6) is 0 Å². The molecule has 0 spiro atoms. The van der Waals surface area contributed by atoms with Crippen molar-refractivity contribution in [3.63, 3.8) is 0 Å². The lowest BCUT2D eigenvalue weighted by Gasteiger charge is -2.32. The van der Waals surface area contributed by atoms with E-state index in [-0.39, 0.29) is 18.3 Å². The first-order valence-electron chi connectivity index (χ1n) is 5.34. The third-order valence-corrected chi connectivity index (χ3v) is 3.86. The zero-order chi connectivity index (χ0) is 11.8. The van der Waals surface area contributed by atoms with Crippen molar-refractivity contribution in [3.8, 4) is 0 Å². The molecule has 1 fully saturated rings. The Kier molecular flexibility index (Phi) is 2.94. The van der Waals surface area contributed by atoms with E-state index in [1.165, 1.54) is 0 Å². The highest BCUT2D eigenvalue weighted by molar-refractivity contribution is 7.10. The third-order valence-electron chi connectivity index (χ3n) is 3.12. The van der Waals surface area contributed by atoms with Crippen LogP contribution < -0.4 is 0 Å². The molecule has 3 nitrogen and oxygen atoms in total. The molecule has 0 amide bonds. The molecule has 0 atom stereocenters. The second-order valence-electron chi connectivity index (χ2n) is 4.85. The van der Waals surface area contributed by atoms with Crippen LogP contribution in [0.2, 0.25) is 0 Å². The molecule has 0 N–H and O–H groups in total. The Morgan fingerprint density at radius 2 is 1.88 bits per heavy atom. The SMILES string of the molecule is CC1(C)OB(/C=C/c2nccs2)OC1(C)C. The quantitative estimate of drug-likeness (QED) is 0.741. The van der Waals surface area contributed by atoms with Gasteiger partial charge in [-0.25, -0.2) is 4.98 Å². The van der Waals surface area contributed by atoms with E-state index in [1.54, 1.807) is 17.5 Å². The number of rotatable bonds is 2. The van der Waals surface area contributed by atoms with Gasteiger partial charge in [0.1, 0.15) is 5.01 Å². The molecule has 0 aliphatic carbocycles. The van der Waals surface area contributed by atoms with Crippen molar-refractivity contribution in [1.29, 1.82) is 0 Å². The Balaban J connectivity index is 2.05. The Morgan fingerprint density at radius 3 is 2.38 bits per heavy atom. The summed E-state index contributed by atoms with van der Waals surface area (Å²) in [7, 11) is -0.283. The summed E-state index contributed by atoms with van der Waals surface area (Å²) in [4.78, 5) is 4.17. The minimum atomic E-state index is -0.283. The predicted molar refractivity (Wildman–Crippen MR) is 67.2 cm³/mol. The standard InChI is InChI=1S/C11H16BNO2S/c1-10(2)11(3,4)15-12(14-10)6-5-9-13-7-8-16-9/h5-8H,1-4H3/b6-5+. The molecule has 1 aromatic rings. The average Bonchev–Trinajstić information content (AvgIpc) is 2.70. The van der Waals surface area contributed by atoms with Crippen LogP contribution in [0.3, 0.4) is 0 Å². The Labute approximate surface area is 101 Å². The normalized spacial score (nSPS) is 23.1. The molecule has 1 saturated heterocycles. The summed E-state index contributed by atoms with van der Waals surface area (Å²) in [5, 5.41) is 2.92. The fourth-order valence-corrected chi connectivity index (χ4v) is 1.98. The molecule has 0 aromatic carbocycles. The fourth-order valence-electron chi connectivity index (χ4n) is 1.44. The van der Waals surface area contributed by atoms with Crippen LogP contribution in [0.4, 0.5) is 0 Å². The van der Waals surface area contributed by atoms with Crippen LogP contribution in [0.1, 0.15) is 32.7 Å². The number of hydrogen-bond donors (Lipinski definition) is 0. The van der Waals surface area contributed by atoms with E-state index in [0.717, 1.165) is 5.01 Å². The van der Waals surface area contributed by atoms with E-state index < -0.39 is 0 Å². The monoisotopic (exact) mass is 237 g/mol. The average molecular weight is 237 g/mol. The topological polar surface area (TPSA) is 31.4 Å². The predicted octanol–water partition coefficient (Wildman–Crippen LogP) is 2.79. The van der Waals surface area contributed by atoms with Gasteiger partial charge in [-0.3, -0.25) is 0 Å². The lowest BCUT2D eigenvalue weighted by atomic mass is 9.90. The van der Waals surface area contributed by atoms with E-state index in [4.69, 9.17) is 9.31 Å². The van der Waals surface area contributed by atoms with Crippen molar-refractivity contribution in [2.75, 3.05) is 0 Å². The van der Waals surface area contributed by atoms with Gasteiger partial charge < -0.3 is 9.31 Å². The molecule has 0 bridgehead atoms. The molecule has 0 saturated carbocycles. The van der Waals surface area contributed by atoms with Crippen LogP contribution in [0.15, 0.2) is 17.6 Å². The van der Waals surface area contributed by atoms with Crippen LogP contribution in [0, 0.1) is 0 Å². The van der Waals surface area contributed by atoms with Gasteiger partial charge in [-0.2, -0.15) is 0 Å². The highest BCUT2D eigenvalue weighted by atomic mass is 32.1. The van der Waals surface area contributed by atoms with Crippen molar-refractivity contribution in [1.82, 2.24) is 4.98 Å². The lowest BCUT2D eigenvalue weighted by molar-refractivity contribution is 0.00578. The molecule has 0 unspecified atom stereocenters. The van der Waals surface area contributed by atoms with Crippen molar-refractivity contribution in [2.24, 2.45) is 0 Å². The van der Waals surface area contributed by atoms with Gasteiger partial charge in [0.15, 0.2) is 0 Å². The summed E-state index contributed by atoms with van der Waals surface area (Å²) in [5.74, 6) is 1.91. The number of nitrogens with zero attached hydrogens (tertiary/aromatic N) is 1. The summed E-state index contributed by atoms with van der Waals surface area (Å²) in [5.41, 5.74) is -0.546. The summed E-state index contributed by atoms with van der Waals surface area (Å²) < 4.78 is 11.7. The highest BCUT2D eigenvalue weighted by Gasteiger charge is 2.49. The molecule has 5 heteroatoms. The van der Waals surface area contributed by atoms with Gasteiger partial charge in [0.25, 0.3) is 0 Å². The zero-order valence-electron chi connectivity index (χ0n) is 10.1. The van der Waals surface area contributed by atoms with Crippen LogP contribution in [-0.2, 0) is 9.31 Å². The van der Waals surface area contributed by atoms with E-state index in [0.29, 0.717) is 0 Å². The van der Waals surface area contributed by atoms with E-state index in [2.05, 4.69) is 4.98 Å². The van der Waals surface area contributed by atoms with Crippen molar-refractivity contribution >= 4 is 24.5 Å². The van der Waals surface area contributed by atoms with Crippen molar-refractivity contribution in [3.05, 3.63) is 22.6 Å². The maximum atomic E-state index is 5.83.